The van der Waals surface area contributed by atoms with E-state index >= 15 is 0 Å². The number of benzene rings is 1. The summed E-state index contributed by atoms with van der Waals surface area (Å²) in [6, 6.07) is 4.45. The largest absolute Gasteiger partial charge is 0.378 e. The zero-order valence-electron chi connectivity index (χ0n) is 12.1. The molecule has 98 valence electrons. The SMILES string of the molecule is CC(=CC=O)CCc1c(C)cc(N(C)C)cc1C. The summed E-state index contributed by atoms with van der Waals surface area (Å²) in [7, 11) is 4.12. The Bertz CT molecular complexity index is 435. The minimum absolute atomic E-state index is 0.865. The molecule has 0 amide bonds. The van der Waals surface area contributed by atoms with Crippen molar-refractivity contribution in [3.63, 3.8) is 0 Å². The number of hydrogen-bond acceptors (Lipinski definition) is 2. The highest BCUT2D eigenvalue weighted by Crippen LogP contribution is 2.23. The Morgan fingerprint density at radius 2 is 1.78 bits per heavy atom. The molecule has 0 spiro atoms. The highest BCUT2D eigenvalue weighted by atomic mass is 16.1. The van der Waals surface area contributed by atoms with Crippen LogP contribution in [0.4, 0.5) is 5.69 Å². The number of anilines is 1. The van der Waals surface area contributed by atoms with E-state index in [1.807, 2.05) is 6.92 Å². The summed E-state index contributed by atoms with van der Waals surface area (Å²) in [5, 5.41) is 0. The number of hydrogen-bond donors (Lipinski definition) is 0. The summed E-state index contributed by atoms with van der Waals surface area (Å²) in [4.78, 5) is 12.5. The van der Waals surface area contributed by atoms with Crippen molar-refractivity contribution in [2.75, 3.05) is 19.0 Å². The molecule has 0 heterocycles. The third kappa shape index (κ3) is 3.73. The number of carbonyl (C=O) groups is 1. The molecule has 0 saturated heterocycles. The molecule has 0 aliphatic rings. The zero-order chi connectivity index (χ0) is 13.7. The van der Waals surface area contributed by atoms with Crippen LogP contribution in [-0.4, -0.2) is 20.4 Å². The van der Waals surface area contributed by atoms with Gasteiger partial charge in [0.05, 0.1) is 0 Å². The van der Waals surface area contributed by atoms with Gasteiger partial charge in [-0.1, -0.05) is 5.57 Å². The summed E-state index contributed by atoms with van der Waals surface area (Å²) in [6.45, 7) is 6.33. The van der Waals surface area contributed by atoms with Gasteiger partial charge >= 0.3 is 0 Å². The molecule has 0 bridgehead atoms. The van der Waals surface area contributed by atoms with Crippen molar-refractivity contribution >= 4 is 12.0 Å². The lowest BCUT2D eigenvalue weighted by Gasteiger charge is -2.17. The second kappa shape index (κ2) is 6.39. The summed E-state index contributed by atoms with van der Waals surface area (Å²) in [6.07, 6.45) is 4.46. The van der Waals surface area contributed by atoms with Gasteiger partial charge in [-0.25, -0.2) is 0 Å². The molecule has 0 saturated carbocycles. The van der Waals surface area contributed by atoms with E-state index in [1.165, 1.54) is 22.4 Å². The van der Waals surface area contributed by atoms with E-state index in [0.717, 1.165) is 24.7 Å². The lowest BCUT2D eigenvalue weighted by Crippen LogP contribution is -2.10. The average Bonchev–Trinajstić information content (AvgIpc) is 2.27. The van der Waals surface area contributed by atoms with E-state index in [0.29, 0.717) is 0 Å². The zero-order valence-corrected chi connectivity index (χ0v) is 12.1. The van der Waals surface area contributed by atoms with Crippen molar-refractivity contribution in [1.29, 1.82) is 0 Å². The van der Waals surface area contributed by atoms with E-state index in [-0.39, 0.29) is 0 Å². The minimum atomic E-state index is 0.865. The van der Waals surface area contributed by atoms with Crippen molar-refractivity contribution in [2.45, 2.75) is 33.6 Å². The molecule has 18 heavy (non-hydrogen) atoms. The van der Waals surface area contributed by atoms with Crippen LogP contribution in [0.15, 0.2) is 23.8 Å². The van der Waals surface area contributed by atoms with Crippen LogP contribution in [-0.2, 0) is 11.2 Å². The first-order chi connectivity index (χ1) is 8.45. The lowest BCUT2D eigenvalue weighted by atomic mass is 9.95. The lowest BCUT2D eigenvalue weighted by molar-refractivity contribution is -0.104. The second-order valence-electron chi connectivity index (χ2n) is 5.10. The van der Waals surface area contributed by atoms with Crippen molar-refractivity contribution in [3.05, 3.63) is 40.5 Å². The molecule has 1 aromatic rings. The molecule has 0 unspecified atom stereocenters. The second-order valence-corrected chi connectivity index (χ2v) is 5.10. The van der Waals surface area contributed by atoms with Gasteiger partial charge in [0, 0.05) is 19.8 Å². The van der Waals surface area contributed by atoms with Gasteiger partial charge in [-0.3, -0.25) is 4.79 Å². The van der Waals surface area contributed by atoms with Crippen LogP contribution in [0.25, 0.3) is 0 Å². The quantitative estimate of drug-likeness (QED) is 0.585. The van der Waals surface area contributed by atoms with Gasteiger partial charge in [-0.2, -0.15) is 0 Å². The highest BCUT2D eigenvalue weighted by molar-refractivity contribution is 5.65. The maximum atomic E-state index is 10.4. The first-order valence-corrected chi connectivity index (χ1v) is 6.34. The van der Waals surface area contributed by atoms with E-state index in [2.05, 4.69) is 45.0 Å². The standard InChI is InChI=1S/C16H23NO/c1-12(8-9-18)6-7-16-13(2)10-15(17(4)5)11-14(16)3/h8-11H,6-7H2,1-5H3. The Morgan fingerprint density at radius 1 is 1.22 bits per heavy atom. The molecule has 1 aromatic carbocycles. The Balaban J connectivity index is 2.90. The molecule has 0 aromatic heterocycles. The van der Waals surface area contributed by atoms with Gasteiger partial charge in [-0.15, -0.1) is 0 Å². The molecule has 0 atom stereocenters. The van der Waals surface area contributed by atoms with Gasteiger partial charge in [0.25, 0.3) is 0 Å². The van der Waals surface area contributed by atoms with Crippen LogP contribution in [0.2, 0.25) is 0 Å². The van der Waals surface area contributed by atoms with Crippen LogP contribution in [0.5, 0.6) is 0 Å². The number of nitrogens with zero attached hydrogens (tertiary/aromatic N) is 1. The van der Waals surface area contributed by atoms with Crippen LogP contribution < -0.4 is 4.90 Å². The van der Waals surface area contributed by atoms with E-state index in [1.54, 1.807) is 6.08 Å². The number of aldehydes is 1. The molecule has 0 radical (unpaired) electrons. The molecule has 1 rings (SSSR count). The average molecular weight is 245 g/mol. The normalized spacial score (nSPS) is 11.5. The monoisotopic (exact) mass is 245 g/mol. The van der Waals surface area contributed by atoms with Crippen molar-refractivity contribution in [1.82, 2.24) is 0 Å². The van der Waals surface area contributed by atoms with E-state index in [4.69, 9.17) is 0 Å². The van der Waals surface area contributed by atoms with Gasteiger partial charge in [-0.05, 0) is 68.5 Å². The van der Waals surface area contributed by atoms with Crippen molar-refractivity contribution < 1.29 is 4.79 Å². The fourth-order valence-corrected chi connectivity index (χ4v) is 2.14. The molecular formula is C16H23NO. The molecular weight excluding hydrogens is 222 g/mol. The molecule has 2 heteroatoms. The van der Waals surface area contributed by atoms with Crippen LogP contribution in [0.1, 0.15) is 30.0 Å². The number of rotatable bonds is 5. The van der Waals surface area contributed by atoms with Crippen LogP contribution in [0, 0.1) is 13.8 Å². The van der Waals surface area contributed by atoms with Crippen LogP contribution in [0.3, 0.4) is 0 Å². The minimum Gasteiger partial charge on any atom is -0.378 e. The van der Waals surface area contributed by atoms with Gasteiger partial charge in [0.15, 0.2) is 0 Å². The van der Waals surface area contributed by atoms with Crippen molar-refractivity contribution in [3.8, 4) is 0 Å². The summed E-state index contributed by atoms with van der Waals surface area (Å²) in [5.74, 6) is 0. The topological polar surface area (TPSA) is 20.3 Å². The molecule has 0 aliphatic carbocycles. The Labute approximate surface area is 110 Å². The smallest absolute Gasteiger partial charge is 0.142 e. The van der Waals surface area contributed by atoms with E-state index in [9.17, 15) is 4.79 Å². The number of aryl methyl sites for hydroxylation is 2. The maximum absolute atomic E-state index is 10.4. The predicted molar refractivity (Wildman–Crippen MR) is 78.4 cm³/mol. The summed E-state index contributed by atoms with van der Waals surface area (Å²) < 4.78 is 0. The Morgan fingerprint density at radius 3 is 2.22 bits per heavy atom. The molecule has 2 nitrogen and oxygen atoms in total. The Kier molecular flexibility index (Phi) is 5.14. The van der Waals surface area contributed by atoms with Gasteiger partial charge < -0.3 is 4.90 Å². The number of carbonyl (C=O) groups excluding carboxylic acids is 1. The summed E-state index contributed by atoms with van der Waals surface area (Å²) in [5.41, 5.74) is 6.45. The molecule has 0 aliphatic heterocycles. The predicted octanol–water partition coefficient (Wildman–Crippen LogP) is 3.45. The number of allylic oxidation sites excluding steroid dienone is 2. The maximum Gasteiger partial charge on any atom is 0.142 e. The third-order valence-electron chi connectivity index (χ3n) is 3.32. The van der Waals surface area contributed by atoms with Crippen LogP contribution >= 0.6 is 0 Å². The van der Waals surface area contributed by atoms with Crippen molar-refractivity contribution in [2.24, 2.45) is 0 Å². The molecule has 0 N–H and O–H groups in total. The third-order valence-corrected chi connectivity index (χ3v) is 3.32. The molecule has 0 fully saturated rings. The Hall–Kier alpha value is -1.57. The first kappa shape index (κ1) is 14.5. The summed E-state index contributed by atoms with van der Waals surface area (Å²) >= 11 is 0. The fourth-order valence-electron chi connectivity index (χ4n) is 2.14. The van der Waals surface area contributed by atoms with Gasteiger partial charge in [0.1, 0.15) is 6.29 Å². The van der Waals surface area contributed by atoms with E-state index < -0.39 is 0 Å². The highest BCUT2D eigenvalue weighted by Gasteiger charge is 2.06. The van der Waals surface area contributed by atoms with Gasteiger partial charge in [0.2, 0.25) is 0 Å². The first-order valence-electron chi connectivity index (χ1n) is 6.34. The fraction of sp³-hybridized carbons (Fsp3) is 0.438.